The predicted octanol–water partition coefficient (Wildman–Crippen LogP) is 3.88. The number of halogens is 2. The molecule has 2 aromatic rings. The van der Waals surface area contributed by atoms with E-state index in [4.69, 9.17) is 4.74 Å². The number of hydrogen-bond acceptors (Lipinski definition) is 3. The van der Waals surface area contributed by atoms with E-state index in [-0.39, 0.29) is 17.1 Å². The van der Waals surface area contributed by atoms with E-state index in [2.05, 4.69) is 4.74 Å². The second kappa shape index (κ2) is 7.09. The van der Waals surface area contributed by atoms with Crippen LogP contribution < -0.4 is 14.4 Å². The number of amides is 1. The molecule has 0 N–H and O–H groups in total. The molecule has 1 amide bonds. The van der Waals surface area contributed by atoms with Gasteiger partial charge in [-0.15, -0.1) is 0 Å². The quantitative estimate of drug-likeness (QED) is 0.839. The van der Waals surface area contributed by atoms with Gasteiger partial charge in [-0.3, -0.25) is 4.79 Å². The monoisotopic (exact) mass is 321 g/mol. The zero-order valence-electron chi connectivity index (χ0n) is 13.0. The summed E-state index contributed by atoms with van der Waals surface area (Å²) in [5.74, 6) is -0.659. The summed E-state index contributed by atoms with van der Waals surface area (Å²) in [6.07, 6.45) is 0. The van der Waals surface area contributed by atoms with Gasteiger partial charge in [0.15, 0.2) is 11.5 Å². The van der Waals surface area contributed by atoms with Crippen LogP contribution in [0.5, 0.6) is 11.5 Å². The molecule has 2 aromatic carbocycles. The van der Waals surface area contributed by atoms with Crippen LogP contribution in [-0.2, 0) is 0 Å². The zero-order valence-corrected chi connectivity index (χ0v) is 13.0. The van der Waals surface area contributed by atoms with E-state index in [0.717, 1.165) is 5.56 Å². The molecule has 0 fully saturated rings. The normalized spacial score (nSPS) is 10.5. The molecule has 122 valence electrons. The minimum Gasteiger partial charge on any atom is -0.493 e. The molecular formula is C17H17F2NO3. The average Bonchev–Trinajstić information content (AvgIpc) is 2.53. The number of para-hydroxylation sites is 1. The van der Waals surface area contributed by atoms with Crippen LogP contribution >= 0.6 is 0 Å². The van der Waals surface area contributed by atoms with Crippen molar-refractivity contribution in [1.29, 1.82) is 0 Å². The summed E-state index contributed by atoms with van der Waals surface area (Å²) in [5, 5.41) is 0. The van der Waals surface area contributed by atoms with Crippen molar-refractivity contribution in [3.05, 3.63) is 53.6 Å². The van der Waals surface area contributed by atoms with E-state index >= 15 is 0 Å². The molecule has 0 spiro atoms. The molecule has 4 nitrogen and oxygen atoms in total. The summed E-state index contributed by atoms with van der Waals surface area (Å²) in [7, 11) is 2.90. The van der Waals surface area contributed by atoms with Crippen molar-refractivity contribution in [1.82, 2.24) is 0 Å². The van der Waals surface area contributed by atoms with Gasteiger partial charge in [-0.05, 0) is 36.8 Å². The first kappa shape index (κ1) is 16.7. The molecule has 0 aliphatic heterocycles. The maximum Gasteiger partial charge on any atom is 0.387 e. The number of aryl methyl sites for hydroxylation is 1. The second-order valence-electron chi connectivity index (χ2n) is 4.92. The molecule has 0 heterocycles. The molecule has 0 aromatic heterocycles. The van der Waals surface area contributed by atoms with Crippen LogP contribution in [0.3, 0.4) is 0 Å². The van der Waals surface area contributed by atoms with Gasteiger partial charge in [0.2, 0.25) is 0 Å². The zero-order chi connectivity index (χ0) is 17.0. The SMILES string of the molecule is COc1cccc(C(=O)N(C)c2cccc(C)c2)c1OC(F)F. The Morgan fingerprint density at radius 3 is 2.48 bits per heavy atom. The maximum absolute atomic E-state index is 12.7. The Hall–Kier alpha value is -2.63. The van der Waals surface area contributed by atoms with Crippen LogP contribution in [0.4, 0.5) is 14.5 Å². The summed E-state index contributed by atoms with van der Waals surface area (Å²) in [4.78, 5) is 14.0. The summed E-state index contributed by atoms with van der Waals surface area (Å²) >= 11 is 0. The number of benzene rings is 2. The van der Waals surface area contributed by atoms with Gasteiger partial charge in [0, 0.05) is 12.7 Å². The Bertz CT molecular complexity index is 704. The summed E-state index contributed by atoms with van der Waals surface area (Å²) < 4.78 is 34.8. The van der Waals surface area contributed by atoms with Crippen LogP contribution in [0, 0.1) is 6.92 Å². The molecular weight excluding hydrogens is 304 g/mol. The number of methoxy groups -OCH3 is 1. The van der Waals surface area contributed by atoms with Gasteiger partial charge in [-0.1, -0.05) is 18.2 Å². The number of hydrogen-bond donors (Lipinski definition) is 0. The third kappa shape index (κ3) is 3.77. The Labute approximate surface area is 133 Å². The lowest BCUT2D eigenvalue weighted by atomic mass is 10.1. The number of ether oxygens (including phenoxy) is 2. The van der Waals surface area contributed by atoms with Crippen LogP contribution in [0.15, 0.2) is 42.5 Å². The molecule has 0 saturated carbocycles. The van der Waals surface area contributed by atoms with Crippen LogP contribution in [-0.4, -0.2) is 26.7 Å². The summed E-state index contributed by atoms with van der Waals surface area (Å²) in [5.41, 5.74) is 1.64. The van der Waals surface area contributed by atoms with Crippen molar-refractivity contribution in [2.24, 2.45) is 0 Å². The fourth-order valence-corrected chi connectivity index (χ4v) is 2.19. The first-order chi connectivity index (χ1) is 10.9. The minimum atomic E-state index is -3.05. The third-order valence-corrected chi connectivity index (χ3v) is 3.33. The third-order valence-electron chi connectivity index (χ3n) is 3.33. The van der Waals surface area contributed by atoms with Crippen molar-refractivity contribution in [2.45, 2.75) is 13.5 Å². The van der Waals surface area contributed by atoms with E-state index in [9.17, 15) is 13.6 Å². The van der Waals surface area contributed by atoms with Gasteiger partial charge in [0.05, 0.1) is 12.7 Å². The number of carbonyl (C=O) groups is 1. The Morgan fingerprint density at radius 1 is 1.17 bits per heavy atom. The van der Waals surface area contributed by atoms with Gasteiger partial charge >= 0.3 is 6.61 Å². The number of alkyl halides is 2. The number of nitrogens with zero attached hydrogens (tertiary/aromatic N) is 1. The Morgan fingerprint density at radius 2 is 1.87 bits per heavy atom. The predicted molar refractivity (Wildman–Crippen MR) is 83.5 cm³/mol. The van der Waals surface area contributed by atoms with Gasteiger partial charge in [-0.2, -0.15) is 8.78 Å². The molecule has 23 heavy (non-hydrogen) atoms. The van der Waals surface area contributed by atoms with Gasteiger partial charge in [-0.25, -0.2) is 0 Å². The largest absolute Gasteiger partial charge is 0.493 e. The van der Waals surface area contributed by atoms with Crippen LogP contribution in [0.2, 0.25) is 0 Å². The van der Waals surface area contributed by atoms with Gasteiger partial charge in [0.25, 0.3) is 5.91 Å². The topological polar surface area (TPSA) is 38.8 Å². The summed E-state index contributed by atoms with van der Waals surface area (Å²) in [6, 6.07) is 11.7. The lowest BCUT2D eigenvalue weighted by Crippen LogP contribution is -2.27. The number of anilines is 1. The highest BCUT2D eigenvalue weighted by Crippen LogP contribution is 2.33. The van der Waals surface area contributed by atoms with Crippen molar-refractivity contribution < 1.29 is 23.0 Å². The van der Waals surface area contributed by atoms with Crippen molar-refractivity contribution in [2.75, 3.05) is 19.1 Å². The molecule has 6 heteroatoms. The highest BCUT2D eigenvalue weighted by atomic mass is 19.3. The lowest BCUT2D eigenvalue weighted by molar-refractivity contribution is -0.0515. The van der Waals surface area contributed by atoms with E-state index < -0.39 is 12.5 Å². The summed E-state index contributed by atoms with van der Waals surface area (Å²) in [6.45, 7) is -1.15. The lowest BCUT2D eigenvalue weighted by Gasteiger charge is -2.20. The Kier molecular flexibility index (Phi) is 5.16. The van der Waals surface area contributed by atoms with Crippen LogP contribution in [0.1, 0.15) is 15.9 Å². The van der Waals surface area contributed by atoms with Crippen molar-refractivity contribution in [3.8, 4) is 11.5 Å². The molecule has 0 aliphatic rings. The highest BCUT2D eigenvalue weighted by molar-refractivity contribution is 6.08. The highest BCUT2D eigenvalue weighted by Gasteiger charge is 2.23. The molecule has 0 aliphatic carbocycles. The Balaban J connectivity index is 2.42. The van der Waals surface area contributed by atoms with E-state index in [0.29, 0.717) is 5.69 Å². The standard InChI is InChI=1S/C17H17F2NO3/c1-11-6-4-7-12(10-11)20(2)16(21)13-8-5-9-14(22-3)15(13)23-17(18)19/h4-10,17H,1-3H3. The molecule has 2 rings (SSSR count). The molecule has 0 saturated heterocycles. The van der Waals surface area contributed by atoms with Gasteiger partial charge < -0.3 is 14.4 Å². The van der Waals surface area contributed by atoms with Crippen LogP contribution in [0.25, 0.3) is 0 Å². The van der Waals surface area contributed by atoms with E-state index in [1.54, 1.807) is 19.2 Å². The molecule has 0 radical (unpaired) electrons. The van der Waals surface area contributed by atoms with Crippen molar-refractivity contribution in [3.63, 3.8) is 0 Å². The maximum atomic E-state index is 12.7. The second-order valence-corrected chi connectivity index (χ2v) is 4.92. The molecule has 0 unspecified atom stereocenters. The smallest absolute Gasteiger partial charge is 0.387 e. The first-order valence-electron chi connectivity index (χ1n) is 6.90. The van der Waals surface area contributed by atoms with E-state index in [1.807, 2.05) is 25.1 Å². The van der Waals surface area contributed by atoms with E-state index in [1.165, 1.54) is 24.1 Å². The van der Waals surface area contributed by atoms with Gasteiger partial charge in [0.1, 0.15) is 0 Å². The fraction of sp³-hybridized carbons (Fsp3) is 0.235. The number of rotatable bonds is 5. The average molecular weight is 321 g/mol. The van der Waals surface area contributed by atoms with Crippen molar-refractivity contribution >= 4 is 11.6 Å². The first-order valence-corrected chi connectivity index (χ1v) is 6.90. The molecule has 0 atom stereocenters. The molecule has 0 bridgehead atoms. The minimum absolute atomic E-state index is 0.00801. The number of carbonyl (C=O) groups excluding carboxylic acids is 1. The fourth-order valence-electron chi connectivity index (χ4n) is 2.19.